The van der Waals surface area contributed by atoms with Crippen molar-refractivity contribution in [1.82, 2.24) is 5.32 Å². The van der Waals surface area contributed by atoms with E-state index in [1.165, 1.54) is 38.6 Å². The number of hydrogen-bond donors (Lipinski definition) is 1. The van der Waals surface area contributed by atoms with Crippen molar-refractivity contribution in [3.05, 3.63) is 0 Å². The van der Waals surface area contributed by atoms with Crippen molar-refractivity contribution >= 4 is 0 Å². The van der Waals surface area contributed by atoms with E-state index in [9.17, 15) is 0 Å². The van der Waals surface area contributed by atoms with Gasteiger partial charge in [0.15, 0.2) is 0 Å². The van der Waals surface area contributed by atoms with Gasteiger partial charge >= 0.3 is 0 Å². The lowest BCUT2D eigenvalue weighted by molar-refractivity contribution is 0.157. The predicted octanol–water partition coefficient (Wildman–Crippen LogP) is 3.20. The Balaban J connectivity index is 2.00. The van der Waals surface area contributed by atoms with Gasteiger partial charge in [-0.1, -0.05) is 26.2 Å². The number of rotatable bonds is 1. The van der Waals surface area contributed by atoms with Gasteiger partial charge in [-0.05, 0) is 51.0 Å². The van der Waals surface area contributed by atoms with Gasteiger partial charge < -0.3 is 5.32 Å². The summed E-state index contributed by atoms with van der Waals surface area (Å²) >= 11 is 0. The van der Waals surface area contributed by atoms with Crippen molar-refractivity contribution in [2.75, 3.05) is 6.54 Å². The minimum atomic E-state index is 0.404. The molecule has 82 valence electrons. The summed E-state index contributed by atoms with van der Waals surface area (Å²) in [4.78, 5) is 0. The Bertz CT molecular complexity index is 197. The molecule has 1 nitrogen and oxygen atoms in total. The van der Waals surface area contributed by atoms with Crippen LogP contribution in [0.4, 0.5) is 0 Å². The predicted molar refractivity (Wildman–Crippen MR) is 61.3 cm³/mol. The maximum atomic E-state index is 3.66. The average molecular weight is 195 g/mol. The summed E-state index contributed by atoms with van der Waals surface area (Å²) in [5.74, 6) is 2.92. The fourth-order valence-corrected chi connectivity index (χ4v) is 3.71. The van der Waals surface area contributed by atoms with E-state index in [0.29, 0.717) is 5.54 Å². The molecule has 1 aliphatic heterocycles. The lowest BCUT2D eigenvalue weighted by Crippen LogP contribution is -2.42. The summed E-state index contributed by atoms with van der Waals surface area (Å²) in [6.45, 7) is 8.46. The Morgan fingerprint density at radius 1 is 1.14 bits per heavy atom. The smallest absolute Gasteiger partial charge is 0.0156 e. The third-order valence-electron chi connectivity index (χ3n) is 4.51. The topological polar surface area (TPSA) is 12.0 Å². The molecule has 2 aliphatic rings. The fraction of sp³-hybridized carbons (Fsp3) is 1.00. The van der Waals surface area contributed by atoms with Gasteiger partial charge in [0.05, 0.1) is 0 Å². The Morgan fingerprint density at radius 2 is 1.93 bits per heavy atom. The summed E-state index contributed by atoms with van der Waals surface area (Å²) in [5, 5.41) is 3.66. The molecule has 14 heavy (non-hydrogen) atoms. The molecule has 1 saturated heterocycles. The molecule has 0 amide bonds. The standard InChI is InChI=1S/C13H25N/c1-10-5-4-6-11(9-10)12-7-8-14-13(12,2)3/h10-12,14H,4-9H2,1-3H3. The van der Waals surface area contributed by atoms with Gasteiger partial charge in [0.1, 0.15) is 0 Å². The first kappa shape index (κ1) is 10.5. The third-order valence-corrected chi connectivity index (χ3v) is 4.51. The van der Waals surface area contributed by atoms with Crippen LogP contribution in [0.1, 0.15) is 52.9 Å². The molecule has 1 aliphatic carbocycles. The molecule has 1 heterocycles. The summed E-state index contributed by atoms with van der Waals surface area (Å²) in [6, 6.07) is 0. The van der Waals surface area contributed by atoms with Gasteiger partial charge in [0, 0.05) is 5.54 Å². The first-order chi connectivity index (χ1) is 6.59. The molecule has 0 aromatic carbocycles. The van der Waals surface area contributed by atoms with Crippen LogP contribution in [-0.2, 0) is 0 Å². The van der Waals surface area contributed by atoms with E-state index < -0.39 is 0 Å². The largest absolute Gasteiger partial charge is 0.311 e. The van der Waals surface area contributed by atoms with E-state index in [1.807, 2.05) is 0 Å². The molecule has 2 rings (SSSR count). The highest BCUT2D eigenvalue weighted by atomic mass is 15.0. The second kappa shape index (κ2) is 3.84. The summed E-state index contributed by atoms with van der Waals surface area (Å²) in [5.41, 5.74) is 0.404. The molecular weight excluding hydrogens is 170 g/mol. The first-order valence-electron chi connectivity index (χ1n) is 6.34. The van der Waals surface area contributed by atoms with Crippen molar-refractivity contribution in [2.45, 2.75) is 58.4 Å². The van der Waals surface area contributed by atoms with Crippen LogP contribution in [0, 0.1) is 17.8 Å². The molecule has 1 saturated carbocycles. The van der Waals surface area contributed by atoms with E-state index >= 15 is 0 Å². The Kier molecular flexibility index (Phi) is 2.88. The van der Waals surface area contributed by atoms with Crippen molar-refractivity contribution in [1.29, 1.82) is 0 Å². The second-order valence-corrected chi connectivity index (χ2v) is 6.08. The van der Waals surface area contributed by atoms with Crippen molar-refractivity contribution in [3.63, 3.8) is 0 Å². The number of nitrogens with one attached hydrogen (secondary N) is 1. The fourth-order valence-electron chi connectivity index (χ4n) is 3.71. The van der Waals surface area contributed by atoms with E-state index in [4.69, 9.17) is 0 Å². The SMILES string of the molecule is CC1CCCC(C2CCNC2(C)C)C1. The highest BCUT2D eigenvalue weighted by molar-refractivity contribution is 4.96. The minimum Gasteiger partial charge on any atom is -0.311 e. The van der Waals surface area contributed by atoms with Crippen LogP contribution in [0.15, 0.2) is 0 Å². The van der Waals surface area contributed by atoms with Crippen LogP contribution in [0.25, 0.3) is 0 Å². The first-order valence-corrected chi connectivity index (χ1v) is 6.34. The molecule has 0 spiro atoms. The monoisotopic (exact) mass is 195 g/mol. The molecule has 0 radical (unpaired) electrons. The van der Waals surface area contributed by atoms with Crippen molar-refractivity contribution in [2.24, 2.45) is 17.8 Å². The van der Waals surface area contributed by atoms with E-state index in [-0.39, 0.29) is 0 Å². The van der Waals surface area contributed by atoms with E-state index in [0.717, 1.165) is 17.8 Å². The molecule has 0 aromatic heterocycles. The molecule has 0 bridgehead atoms. The van der Waals surface area contributed by atoms with Crippen LogP contribution in [0.3, 0.4) is 0 Å². The maximum absolute atomic E-state index is 3.66. The zero-order chi connectivity index (χ0) is 10.2. The van der Waals surface area contributed by atoms with Gasteiger partial charge in [-0.25, -0.2) is 0 Å². The Labute approximate surface area is 88.7 Å². The normalized spacial score (nSPS) is 42.6. The summed E-state index contributed by atoms with van der Waals surface area (Å²) in [7, 11) is 0. The quantitative estimate of drug-likeness (QED) is 0.677. The zero-order valence-electron chi connectivity index (χ0n) is 9.97. The third kappa shape index (κ3) is 1.98. The zero-order valence-corrected chi connectivity index (χ0v) is 9.97. The molecule has 1 heteroatoms. The second-order valence-electron chi connectivity index (χ2n) is 6.08. The lowest BCUT2D eigenvalue weighted by atomic mass is 9.70. The number of hydrogen-bond acceptors (Lipinski definition) is 1. The molecule has 0 aromatic rings. The Morgan fingerprint density at radius 3 is 2.50 bits per heavy atom. The highest BCUT2D eigenvalue weighted by Gasteiger charge is 2.40. The van der Waals surface area contributed by atoms with Gasteiger partial charge in [-0.15, -0.1) is 0 Å². The van der Waals surface area contributed by atoms with Gasteiger partial charge in [0.2, 0.25) is 0 Å². The highest BCUT2D eigenvalue weighted by Crippen LogP contribution is 2.41. The van der Waals surface area contributed by atoms with Gasteiger partial charge in [-0.2, -0.15) is 0 Å². The van der Waals surface area contributed by atoms with Crippen LogP contribution >= 0.6 is 0 Å². The molecule has 3 atom stereocenters. The van der Waals surface area contributed by atoms with E-state index in [2.05, 4.69) is 26.1 Å². The van der Waals surface area contributed by atoms with Crippen LogP contribution in [-0.4, -0.2) is 12.1 Å². The molecule has 3 unspecified atom stereocenters. The van der Waals surface area contributed by atoms with Crippen LogP contribution < -0.4 is 5.32 Å². The van der Waals surface area contributed by atoms with Crippen LogP contribution in [0.5, 0.6) is 0 Å². The lowest BCUT2D eigenvalue weighted by Gasteiger charge is -2.38. The average Bonchev–Trinajstić information content (AvgIpc) is 2.45. The summed E-state index contributed by atoms with van der Waals surface area (Å²) in [6.07, 6.45) is 7.32. The molecule has 2 fully saturated rings. The molecular formula is C13H25N. The van der Waals surface area contributed by atoms with Crippen molar-refractivity contribution < 1.29 is 0 Å². The summed E-state index contributed by atoms with van der Waals surface area (Å²) < 4.78 is 0. The minimum absolute atomic E-state index is 0.404. The van der Waals surface area contributed by atoms with Gasteiger partial charge in [-0.3, -0.25) is 0 Å². The Hall–Kier alpha value is -0.0400. The van der Waals surface area contributed by atoms with Gasteiger partial charge in [0.25, 0.3) is 0 Å². The van der Waals surface area contributed by atoms with E-state index in [1.54, 1.807) is 0 Å². The van der Waals surface area contributed by atoms with Crippen LogP contribution in [0.2, 0.25) is 0 Å². The maximum Gasteiger partial charge on any atom is 0.0156 e. The molecule has 1 N–H and O–H groups in total. The van der Waals surface area contributed by atoms with Crippen molar-refractivity contribution in [3.8, 4) is 0 Å².